The van der Waals surface area contributed by atoms with Crippen molar-refractivity contribution in [3.8, 4) is 23.0 Å². The Balaban J connectivity index is 1.45. The summed E-state index contributed by atoms with van der Waals surface area (Å²) < 4.78 is 57.1. The van der Waals surface area contributed by atoms with Gasteiger partial charge >= 0.3 is 0 Å². The third-order valence-corrected chi connectivity index (χ3v) is 11.3. The SMILES string of the molecule is COc1ccc(C(OCP(=O)(COC(c2ccccc2)(c2ccc(OC)cc2)c2ccc(OC)cc2)OC)(c2ccccc2)c2ccc(OC)cc2)cc1. The van der Waals surface area contributed by atoms with Gasteiger partial charge in [0.05, 0.1) is 28.4 Å². The molecule has 0 saturated carbocycles. The number of methoxy groups -OCH3 is 4. The minimum atomic E-state index is -3.72. The fourth-order valence-electron chi connectivity index (χ4n) is 6.68. The highest BCUT2D eigenvalue weighted by molar-refractivity contribution is 7.58. The van der Waals surface area contributed by atoms with Gasteiger partial charge in [-0.05, 0) is 81.9 Å². The highest BCUT2D eigenvalue weighted by atomic mass is 31.2. The molecule has 0 aliphatic carbocycles. The van der Waals surface area contributed by atoms with E-state index in [4.69, 9.17) is 32.9 Å². The van der Waals surface area contributed by atoms with Gasteiger partial charge in [0.25, 0.3) is 7.37 Å². The zero-order valence-electron chi connectivity index (χ0n) is 31.1. The van der Waals surface area contributed by atoms with Crippen molar-refractivity contribution < 1.29 is 37.5 Å². The average Bonchev–Trinajstić information content (AvgIpc) is 3.25. The highest BCUT2D eigenvalue weighted by Gasteiger charge is 2.43. The molecule has 6 aromatic rings. The third kappa shape index (κ3) is 7.79. The van der Waals surface area contributed by atoms with Crippen molar-refractivity contribution in [1.82, 2.24) is 0 Å². The topological polar surface area (TPSA) is 81.7 Å². The minimum Gasteiger partial charge on any atom is -0.497 e. The quantitative estimate of drug-likeness (QED) is 0.0675. The van der Waals surface area contributed by atoms with Gasteiger partial charge in [0, 0.05) is 7.11 Å². The minimum absolute atomic E-state index is 0.285. The average molecular weight is 745 g/mol. The summed E-state index contributed by atoms with van der Waals surface area (Å²) in [6.07, 6.45) is -0.570. The summed E-state index contributed by atoms with van der Waals surface area (Å²) in [6, 6.07) is 50.4. The second-order valence-corrected chi connectivity index (χ2v) is 15.1. The number of hydrogen-bond donors (Lipinski definition) is 0. The molecule has 8 nitrogen and oxygen atoms in total. The molecule has 0 fully saturated rings. The van der Waals surface area contributed by atoms with Crippen molar-refractivity contribution in [2.24, 2.45) is 0 Å². The second-order valence-electron chi connectivity index (χ2n) is 12.6. The largest absolute Gasteiger partial charge is 0.497 e. The maximum absolute atomic E-state index is 15.1. The van der Waals surface area contributed by atoms with Crippen LogP contribution in [0.15, 0.2) is 158 Å². The molecular weight excluding hydrogens is 699 g/mol. The molecule has 0 spiro atoms. The van der Waals surface area contributed by atoms with Gasteiger partial charge in [-0.2, -0.15) is 0 Å². The number of ether oxygens (including phenoxy) is 6. The Hall–Kier alpha value is -5.37. The number of rotatable bonds is 17. The summed E-state index contributed by atoms with van der Waals surface area (Å²) in [5.74, 6) is 2.78. The first-order chi connectivity index (χ1) is 26.3. The Morgan fingerprint density at radius 1 is 0.370 bits per heavy atom. The lowest BCUT2D eigenvalue weighted by molar-refractivity contribution is 0.0193. The summed E-state index contributed by atoms with van der Waals surface area (Å²) in [5.41, 5.74) is 2.46. The van der Waals surface area contributed by atoms with Crippen LogP contribution in [0.5, 0.6) is 23.0 Å². The molecule has 0 amide bonds. The van der Waals surface area contributed by atoms with Crippen molar-refractivity contribution in [3.05, 3.63) is 191 Å². The number of hydrogen-bond acceptors (Lipinski definition) is 8. The lowest BCUT2D eigenvalue weighted by Crippen LogP contribution is -2.35. The van der Waals surface area contributed by atoms with Gasteiger partial charge in [0.2, 0.25) is 0 Å². The van der Waals surface area contributed by atoms with E-state index in [2.05, 4.69) is 0 Å². The van der Waals surface area contributed by atoms with Crippen LogP contribution in [0.1, 0.15) is 33.4 Å². The van der Waals surface area contributed by atoms with E-state index < -0.39 is 18.6 Å². The van der Waals surface area contributed by atoms with Gasteiger partial charge in [-0.1, -0.05) is 109 Å². The molecule has 0 unspecified atom stereocenters. The first-order valence-electron chi connectivity index (χ1n) is 17.4. The van der Waals surface area contributed by atoms with Crippen LogP contribution in [0.3, 0.4) is 0 Å². The van der Waals surface area contributed by atoms with E-state index in [-0.39, 0.29) is 12.7 Å². The van der Waals surface area contributed by atoms with Crippen molar-refractivity contribution >= 4 is 7.37 Å². The molecule has 6 rings (SSSR count). The molecular formula is C45H45O8P. The molecule has 0 radical (unpaired) electrons. The molecule has 0 bridgehead atoms. The normalized spacial score (nSPS) is 11.9. The molecule has 0 N–H and O–H groups in total. The molecule has 6 aromatic carbocycles. The molecule has 0 aliphatic heterocycles. The van der Waals surface area contributed by atoms with E-state index in [9.17, 15) is 0 Å². The smallest absolute Gasteiger partial charge is 0.252 e. The van der Waals surface area contributed by atoms with E-state index in [0.717, 1.165) is 33.4 Å². The predicted molar refractivity (Wildman–Crippen MR) is 211 cm³/mol. The van der Waals surface area contributed by atoms with E-state index in [1.54, 1.807) is 28.4 Å². The van der Waals surface area contributed by atoms with Crippen molar-refractivity contribution in [1.29, 1.82) is 0 Å². The van der Waals surface area contributed by atoms with Gasteiger partial charge in [0.1, 0.15) is 46.9 Å². The van der Waals surface area contributed by atoms with E-state index in [1.807, 2.05) is 158 Å². The zero-order chi connectivity index (χ0) is 38.0. The van der Waals surface area contributed by atoms with Crippen molar-refractivity contribution in [2.75, 3.05) is 48.2 Å². The molecule has 0 atom stereocenters. The summed E-state index contributed by atoms with van der Waals surface area (Å²) in [4.78, 5) is 0. The van der Waals surface area contributed by atoms with Gasteiger partial charge in [-0.15, -0.1) is 0 Å². The summed E-state index contributed by atoms with van der Waals surface area (Å²) in [6.45, 7) is 0. The molecule has 278 valence electrons. The third-order valence-electron chi connectivity index (χ3n) is 9.64. The van der Waals surface area contributed by atoms with Gasteiger partial charge in [0.15, 0.2) is 0 Å². The van der Waals surface area contributed by atoms with Crippen molar-refractivity contribution in [3.63, 3.8) is 0 Å². The predicted octanol–water partition coefficient (Wildman–Crippen LogP) is 9.88. The maximum Gasteiger partial charge on any atom is 0.252 e. The Kier molecular flexibility index (Phi) is 12.2. The molecule has 0 saturated heterocycles. The van der Waals surface area contributed by atoms with Gasteiger partial charge < -0.3 is 32.9 Å². The van der Waals surface area contributed by atoms with Crippen LogP contribution in [-0.2, 0) is 29.8 Å². The Morgan fingerprint density at radius 3 is 0.833 bits per heavy atom. The highest BCUT2D eigenvalue weighted by Crippen LogP contribution is 2.53. The van der Waals surface area contributed by atoms with Crippen LogP contribution < -0.4 is 18.9 Å². The van der Waals surface area contributed by atoms with E-state index in [0.29, 0.717) is 23.0 Å². The zero-order valence-corrected chi connectivity index (χ0v) is 32.0. The van der Waals surface area contributed by atoms with Crippen LogP contribution in [0, 0.1) is 0 Å². The van der Waals surface area contributed by atoms with Gasteiger partial charge in [-0.3, -0.25) is 4.57 Å². The Morgan fingerprint density at radius 2 is 0.611 bits per heavy atom. The molecule has 0 heterocycles. The van der Waals surface area contributed by atoms with Crippen LogP contribution >= 0.6 is 7.37 Å². The lowest BCUT2D eigenvalue weighted by Gasteiger charge is -2.39. The summed E-state index contributed by atoms with van der Waals surface area (Å²) in [7, 11) is 4.22. The Labute approximate surface area is 317 Å². The van der Waals surface area contributed by atoms with Crippen LogP contribution in [0.25, 0.3) is 0 Å². The van der Waals surface area contributed by atoms with E-state index in [1.165, 1.54) is 7.11 Å². The van der Waals surface area contributed by atoms with Crippen LogP contribution in [0.4, 0.5) is 0 Å². The molecule has 0 aromatic heterocycles. The Bertz CT molecular complexity index is 1860. The van der Waals surface area contributed by atoms with Crippen LogP contribution in [0.2, 0.25) is 0 Å². The summed E-state index contributed by atoms with van der Waals surface area (Å²) in [5, 5.41) is 0. The lowest BCUT2D eigenvalue weighted by atomic mass is 9.80. The second kappa shape index (κ2) is 17.2. The van der Waals surface area contributed by atoms with Crippen LogP contribution in [-0.4, -0.2) is 48.2 Å². The molecule has 54 heavy (non-hydrogen) atoms. The van der Waals surface area contributed by atoms with Gasteiger partial charge in [-0.25, -0.2) is 0 Å². The fourth-order valence-corrected chi connectivity index (χ4v) is 7.75. The number of benzene rings is 6. The monoisotopic (exact) mass is 744 g/mol. The van der Waals surface area contributed by atoms with Crippen molar-refractivity contribution in [2.45, 2.75) is 11.2 Å². The standard InChI is InChI=1S/C45H45O8P/c1-47-40-24-16-36(17-25-40)44(34-12-8-6-9-13-34,37-18-26-41(48-2)27-19-37)52-32-54(46,51-5)33-53-45(35-14-10-7-11-15-35,38-20-28-42(49-3)29-21-38)39-22-30-43(50-4)31-23-39/h6-31H,32-33H2,1-5H3. The first kappa shape index (κ1) is 38.4. The first-order valence-corrected chi connectivity index (χ1v) is 19.4. The molecule has 9 heteroatoms. The molecule has 0 aliphatic rings. The fraction of sp³-hybridized carbons (Fsp3) is 0.200. The maximum atomic E-state index is 15.1. The van der Waals surface area contributed by atoms with E-state index >= 15 is 4.57 Å². The summed E-state index contributed by atoms with van der Waals surface area (Å²) >= 11 is 0.